The SMILES string of the molecule is CC(=O)Nc1coc(Sc2ccc(C(=O)N[C@H]3CN4CCC3CC4)cc2)c1. The van der Waals surface area contributed by atoms with Crippen LogP contribution in [0.2, 0.25) is 0 Å². The maximum absolute atomic E-state index is 12.6. The van der Waals surface area contributed by atoms with Crippen LogP contribution < -0.4 is 10.6 Å². The summed E-state index contributed by atoms with van der Waals surface area (Å²) in [6, 6.07) is 9.56. The predicted octanol–water partition coefficient (Wildman–Crippen LogP) is 3.21. The molecule has 3 aliphatic rings. The first-order valence-corrected chi connectivity index (χ1v) is 10.1. The second-order valence-corrected chi connectivity index (χ2v) is 8.26. The molecule has 2 bridgehead atoms. The van der Waals surface area contributed by atoms with Gasteiger partial charge >= 0.3 is 0 Å². The number of rotatable bonds is 5. The van der Waals surface area contributed by atoms with Crippen LogP contribution in [0.3, 0.4) is 0 Å². The van der Waals surface area contributed by atoms with E-state index in [-0.39, 0.29) is 17.9 Å². The number of hydrogen-bond donors (Lipinski definition) is 2. The first-order valence-electron chi connectivity index (χ1n) is 9.24. The van der Waals surface area contributed by atoms with E-state index < -0.39 is 0 Å². The number of fused-ring (bicyclic) bond motifs is 3. The lowest BCUT2D eigenvalue weighted by Crippen LogP contribution is -2.57. The summed E-state index contributed by atoms with van der Waals surface area (Å²) in [5.41, 5.74) is 1.31. The van der Waals surface area contributed by atoms with Crippen molar-refractivity contribution in [1.29, 1.82) is 0 Å². The number of carbonyl (C=O) groups excluding carboxylic acids is 2. The lowest BCUT2D eigenvalue weighted by molar-refractivity contribution is -0.114. The standard InChI is InChI=1S/C20H23N3O3S/c1-13(24)21-16-10-19(26-12-16)27-17-4-2-15(3-5-17)20(25)22-18-11-23-8-6-14(18)7-9-23/h2-5,10,12,14,18H,6-9,11H2,1H3,(H,21,24)(H,22,25)/t18-/m0/s1. The fourth-order valence-electron chi connectivity index (χ4n) is 3.81. The minimum Gasteiger partial charge on any atom is -0.456 e. The quantitative estimate of drug-likeness (QED) is 0.827. The third-order valence-corrected chi connectivity index (χ3v) is 6.13. The molecule has 3 fully saturated rings. The summed E-state index contributed by atoms with van der Waals surface area (Å²) >= 11 is 1.45. The number of anilines is 1. The molecule has 0 spiro atoms. The molecule has 4 heterocycles. The van der Waals surface area contributed by atoms with Crippen molar-refractivity contribution >= 4 is 29.3 Å². The van der Waals surface area contributed by atoms with Crippen molar-refractivity contribution in [2.45, 2.75) is 35.8 Å². The number of hydrogen-bond acceptors (Lipinski definition) is 5. The molecule has 3 saturated heterocycles. The second-order valence-electron chi connectivity index (χ2n) is 7.18. The normalized spacial score (nSPS) is 23.8. The number of amides is 2. The first-order chi connectivity index (χ1) is 13.1. The van der Waals surface area contributed by atoms with E-state index in [9.17, 15) is 9.59 Å². The van der Waals surface area contributed by atoms with Crippen LogP contribution in [-0.2, 0) is 4.79 Å². The Morgan fingerprint density at radius 3 is 2.56 bits per heavy atom. The fourth-order valence-corrected chi connectivity index (χ4v) is 4.60. The zero-order valence-corrected chi connectivity index (χ0v) is 16.1. The Morgan fingerprint density at radius 2 is 1.93 bits per heavy atom. The van der Waals surface area contributed by atoms with Gasteiger partial charge in [0.25, 0.3) is 5.91 Å². The zero-order chi connectivity index (χ0) is 18.8. The first kappa shape index (κ1) is 18.1. The van der Waals surface area contributed by atoms with Crippen molar-refractivity contribution in [2.24, 2.45) is 5.92 Å². The average molecular weight is 385 g/mol. The van der Waals surface area contributed by atoms with E-state index in [1.165, 1.54) is 50.9 Å². The topological polar surface area (TPSA) is 74.6 Å². The van der Waals surface area contributed by atoms with Gasteiger partial charge in [0, 0.05) is 36.0 Å². The minimum absolute atomic E-state index is 0.00348. The Bertz CT molecular complexity index is 825. The van der Waals surface area contributed by atoms with Gasteiger partial charge in [-0.3, -0.25) is 9.59 Å². The number of furan rings is 1. The molecular formula is C20H23N3O3S. The molecule has 1 aromatic heterocycles. The summed E-state index contributed by atoms with van der Waals surface area (Å²) < 4.78 is 5.44. The molecule has 1 aromatic carbocycles. The van der Waals surface area contributed by atoms with Crippen molar-refractivity contribution in [3.63, 3.8) is 0 Å². The van der Waals surface area contributed by atoms with Crippen molar-refractivity contribution < 1.29 is 14.0 Å². The Labute approximate surface area is 162 Å². The van der Waals surface area contributed by atoms with E-state index in [0.29, 0.717) is 22.3 Å². The summed E-state index contributed by atoms with van der Waals surface area (Å²) in [6.07, 6.45) is 3.88. The molecule has 1 atom stereocenters. The van der Waals surface area contributed by atoms with Crippen LogP contribution in [0.5, 0.6) is 0 Å². The highest BCUT2D eigenvalue weighted by Crippen LogP contribution is 2.31. The summed E-state index contributed by atoms with van der Waals surface area (Å²) in [6.45, 7) is 4.76. The lowest BCUT2D eigenvalue weighted by atomic mass is 9.84. The van der Waals surface area contributed by atoms with Gasteiger partial charge in [-0.1, -0.05) is 11.8 Å². The predicted molar refractivity (Wildman–Crippen MR) is 104 cm³/mol. The summed E-state index contributed by atoms with van der Waals surface area (Å²) in [5.74, 6) is 0.479. The largest absolute Gasteiger partial charge is 0.456 e. The number of piperidine rings is 3. The van der Waals surface area contributed by atoms with Gasteiger partial charge in [0.15, 0.2) is 5.09 Å². The van der Waals surface area contributed by atoms with Crippen LogP contribution in [0.4, 0.5) is 5.69 Å². The number of nitrogens with one attached hydrogen (secondary N) is 2. The van der Waals surface area contributed by atoms with Crippen LogP contribution in [-0.4, -0.2) is 42.4 Å². The Balaban J connectivity index is 1.35. The van der Waals surface area contributed by atoms with Gasteiger partial charge in [-0.15, -0.1) is 0 Å². The maximum Gasteiger partial charge on any atom is 0.251 e. The molecule has 0 radical (unpaired) electrons. The minimum atomic E-state index is -0.134. The van der Waals surface area contributed by atoms with Gasteiger partial charge in [-0.2, -0.15) is 0 Å². The van der Waals surface area contributed by atoms with Gasteiger partial charge in [0.05, 0.1) is 5.69 Å². The maximum atomic E-state index is 12.6. The molecule has 2 aromatic rings. The molecule has 7 heteroatoms. The van der Waals surface area contributed by atoms with E-state index in [0.717, 1.165) is 11.4 Å². The lowest BCUT2D eigenvalue weighted by Gasteiger charge is -2.44. The molecule has 0 aliphatic carbocycles. The van der Waals surface area contributed by atoms with Gasteiger partial charge in [0.2, 0.25) is 5.91 Å². The zero-order valence-electron chi connectivity index (χ0n) is 15.2. The highest BCUT2D eigenvalue weighted by atomic mass is 32.2. The average Bonchev–Trinajstić information content (AvgIpc) is 3.09. The van der Waals surface area contributed by atoms with Crippen LogP contribution in [0.25, 0.3) is 0 Å². The Hall–Kier alpha value is -2.25. The summed E-state index contributed by atoms with van der Waals surface area (Å²) in [4.78, 5) is 27.0. The smallest absolute Gasteiger partial charge is 0.251 e. The Kier molecular flexibility index (Phi) is 5.22. The van der Waals surface area contributed by atoms with Gasteiger partial charge in [-0.25, -0.2) is 0 Å². The van der Waals surface area contributed by atoms with Crippen LogP contribution in [0.15, 0.2) is 51.0 Å². The molecule has 6 nitrogen and oxygen atoms in total. The molecule has 0 saturated carbocycles. The third kappa shape index (κ3) is 4.36. The third-order valence-electron chi connectivity index (χ3n) is 5.20. The molecule has 2 N–H and O–H groups in total. The molecule has 2 amide bonds. The molecule has 27 heavy (non-hydrogen) atoms. The highest BCUT2D eigenvalue weighted by Gasteiger charge is 2.34. The van der Waals surface area contributed by atoms with Crippen LogP contribution >= 0.6 is 11.8 Å². The highest BCUT2D eigenvalue weighted by molar-refractivity contribution is 7.99. The van der Waals surface area contributed by atoms with E-state index in [1.807, 2.05) is 24.3 Å². The number of carbonyl (C=O) groups is 2. The fraction of sp³-hybridized carbons (Fsp3) is 0.400. The molecule has 0 unspecified atom stereocenters. The number of nitrogens with zero attached hydrogens (tertiary/aromatic N) is 1. The van der Waals surface area contributed by atoms with Crippen LogP contribution in [0, 0.1) is 5.92 Å². The molecule has 5 rings (SSSR count). The van der Waals surface area contributed by atoms with E-state index in [4.69, 9.17) is 4.42 Å². The van der Waals surface area contributed by atoms with E-state index >= 15 is 0 Å². The monoisotopic (exact) mass is 385 g/mol. The molecular weight excluding hydrogens is 362 g/mol. The van der Waals surface area contributed by atoms with Crippen molar-refractivity contribution in [3.8, 4) is 0 Å². The summed E-state index contributed by atoms with van der Waals surface area (Å²) in [5, 5.41) is 6.58. The van der Waals surface area contributed by atoms with Crippen molar-refractivity contribution in [1.82, 2.24) is 10.2 Å². The van der Waals surface area contributed by atoms with E-state index in [1.54, 1.807) is 6.07 Å². The van der Waals surface area contributed by atoms with Gasteiger partial charge in [0.1, 0.15) is 6.26 Å². The summed E-state index contributed by atoms with van der Waals surface area (Å²) in [7, 11) is 0. The van der Waals surface area contributed by atoms with Crippen LogP contribution in [0.1, 0.15) is 30.1 Å². The van der Waals surface area contributed by atoms with Gasteiger partial charge in [-0.05, 0) is 56.1 Å². The van der Waals surface area contributed by atoms with Gasteiger partial charge < -0.3 is 20.0 Å². The van der Waals surface area contributed by atoms with Crippen molar-refractivity contribution in [2.75, 3.05) is 25.0 Å². The molecule has 142 valence electrons. The van der Waals surface area contributed by atoms with Crippen molar-refractivity contribution in [3.05, 3.63) is 42.2 Å². The Morgan fingerprint density at radius 1 is 1.19 bits per heavy atom. The molecule has 3 aliphatic heterocycles. The number of benzene rings is 1. The van der Waals surface area contributed by atoms with E-state index in [2.05, 4.69) is 15.5 Å². The second kappa shape index (κ2) is 7.78.